The maximum atomic E-state index is 13.1. The van der Waals surface area contributed by atoms with Crippen LogP contribution in [0.3, 0.4) is 0 Å². The van der Waals surface area contributed by atoms with Crippen molar-refractivity contribution in [3.8, 4) is 17.0 Å². The summed E-state index contributed by atoms with van der Waals surface area (Å²) >= 11 is 0. The summed E-state index contributed by atoms with van der Waals surface area (Å²) in [4.78, 5) is 3.64. The monoisotopic (exact) mass is 300 g/mol. The second-order valence-corrected chi connectivity index (χ2v) is 5.31. The number of aromatic amines is 1. The maximum Gasteiger partial charge on any atom is 0.437 e. The SMILES string of the molecule is CC(C)(N)COc1ccc(-c2cn[nH]c2)nc1C(F)(F)F. The number of hydrogen-bond donors (Lipinski definition) is 2. The number of hydrogen-bond acceptors (Lipinski definition) is 4. The topological polar surface area (TPSA) is 76.8 Å². The van der Waals surface area contributed by atoms with Crippen LogP contribution in [0.15, 0.2) is 24.5 Å². The predicted molar refractivity (Wildman–Crippen MR) is 70.6 cm³/mol. The Morgan fingerprint density at radius 1 is 1.29 bits per heavy atom. The molecule has 21 heavy (non-hydrogen) atoms. The molecule has 0 radical (unpaired) electrons. The molecule has 0 aromatic carbocycles. The third-order valence-electron chi connectivity index (χ3n) is 2.52. The van der Waals surface area contributed by atoms with E-state index in [4.69, 9.17) is 10.5 Å². The molecule has 5 nitrogen and oxygen atoms in total. The minimum Gasteiger partial charge on any atom is -0.489 e. The van der Waals surface area contributed by atoms with E-state index >= 15 is 0 Å². The highest BCUT2D eigenvalue weighted by atomic mass is 19.4. The van der Waals surface area contributed by atoms with E-state index in [2.05, 4.69) is 15.2 Å². The molecule has 0 unspecified atom stereocenters. The molecule has 0 saturated carbocycles. The number of ether oxygens (including phenoxy) is 1. The van der Waals surface area contributed by atoms with Crippen LogP contribution in [-0.2, 0) is 6.18 Å². The molecule has 2 rings (SSSR count). The molecule has 0 amide bonds. The summed E-state index contributed by atoms with van der Waals surface area (Å²) in [6.45, 7) is 3.27. The molecule has 0 fully saturated rings. The summed E-state index contributed by atoms with van der Waals surface area (Å²) in [6, 6.07) is 2.68. The Bertz CT molecular complexity index is 603. The second-order valence-electron chi connectivity index (χ2n) is 5.31. The lowest BCUT2D eigenvalue weighted by atomic mass is 10.1. The van der Waals surface area contributed by atoms with Crippen LogP contribution in [0.2, 0.25) is 0 Å². The molecule has 2 heterocycles. The zero-order valence-corrected chi connectivity index (χ0v) is 11.5. The summed E-state index contributed by atoms with van der Waals surface area (Å²) < 4.78 is 44.4. The Hall–Kier alpha value is -2.09. The van der Waals surface area contributed by atoms with Crippen LogP contribution in [0, 0.1) is 0 Å². The fourth-order valence-corrected chi connectivity index (χ4v) is 1.58. The average Bonchev–Trinajstić information content (AvgIpc) is 2.88. The Balaban J connectivity index is 2.37. The van der Waals surface area contributed by atoms with Gasteiger partial charge in [0.2, 0.25) is 0 Å². The lowest BCUT2D eigenvalue weighted by Crippen LogP contribution is -2.39. The third-order valence-corrected chi connectivity index (χ3v) is 2.52. The van der Waals surface area contributed by atoms with Gasteiger partial charge in [-0.2, -0.15) is 18.3 Å². The third kappa shape index (κ3) is 3.94. The number of nitrogens with two attached hydrogens (primary N) is 1. The fourth-order valence-electron chi connectivity index (χ4n) is 1.58. The molecule has 0 aliphatic heterocycles. The summed E-state index contributed by atoms with van der Waals surface area (Å²) in [6.07, 6.45) is -1.76. The van der Waals surface area contributed by atoms with Gasteiger partial charge in [0, 0.05) is 17.3 Å². The standard InChI is InChI=1S/C13H15F3N4O/c1-12(2,17)7-21-10-4-3-9(8-5-18-19-6-8)20-11(10)13(14,15)16/h3-6H,7,17H2,1-2H3,(H,18,19). The molecule has 0 atom stereocenters. The van der Waals surface area contributed by atoms with Crippen LogP contribution in [0.1, 0.15) is 19.5 Å². The van der Waals surface area contributed by atoms with Crippen molar-refractivity contribution < 1.29 is 17.9 Å². The van der Waals surface area contributed by atoms with E-state index in [0.29, 0.717) is 5.56 Å². The Morgan fingerprint density at radius 3 is 2.52 bits per heavy atom. The van der Waals surface area contributed by atoms with Gasteiger partial charge >= 0.3 is 6.18 Å². The minimum atomic E-state index is -4.62. The van der Waals surface area contributed by atoms with Crippen LogP contribution in [-0.4, -0.2) is 27.3 Å². The van der Waals surface area contributed by atoms with Crippen LogP contribution >= 0.6 is 0 Å². The summed E-state index contributed by atoms with van der Waals surface area (Å²) in [5.41, 5.74) is 4.51. The first-order valence-corrected chi connectivity index (χ1v) is 6.16. The van der Waals surface area contributed by atoms with Gasteiger partial charge in [0.05, 0.1) is 11.9 Å². The van der Waals surface area contributed by atoms with Crippen molar-refractivity contribution in [1.29, 1.82) is 0 Å². The van der Waals surface area contributed by atoms with E-state index in [1.807, 2.05) is 0 Å². The van der Waals surface area contributed by atoms with Crippen molar-refractivity contribution in [3.05, 3.63) is 30.2 Å². The Kier molecular flexibility index (Phi) is 3.91. The van der Waals surface area contributed by atoms with E-state index in [1.165, 1.54) is 24.5 Å². The smallest absolute Gasteiger partial charge is 0.437 e. The van der Waals surface area contributed by atoms with Crippen LogP contribution in [0.5, 0.6) is 5.75 Å². The lowest BCUT2D eigenvalue weighted by Gasteiger charge is -2.21. The van der Waals surface area contributed by atoms with Crippen molar-refractivity contribution in [2.24, 2.45) is 5.73 Å². The second kappa shape index (κ2) is 5.36. The van der Waals surface area contributed by atoms with Gasteiger partial charge < -0.3 is 10.5 Å². The molecule has 0 spiro atoms. The predicted octanol–water partition coefficient (Wildman–Crippen LogP) is 2.61. The van der Waals surface area contributed by atoms with Crippen LogP contribution in [0.25, 0.3) is 11.3 Å². The van der Waals surface area contributed by atoms with E-state index in [9.17, 15) is 13.2 Å². The van der Waals surface area contributed by atoms with Crippen molar-refractivity contribution in [2.45, 2.75) is 25.6 Å². The highest BCUT2D eigenvalue weighted by molar-refractivity contribution is 5.58. The highest BCUT2D eigenvalue weighted by Gasteiger charge is 2.37. The molecular weight excluding hydrogens is 285 g/mol. The first-order valence-electron chi connectivity index (χ1n) is 6.16. The maximum absolute atomic E-state index is 13.1. The van der Waals surface area contributed by atoms with Crippen molar-refractivity contribution in [3.63, 3.8) is 0 Å². The summed E-state index contributed by atoms with van der Waals surface area (Å²) in [5.74, 6) is -0.340. The number of pyridine rings is 1. The van der Waals surface area contributed by atoms with Crippen LogP contribution in [0.4, 0.5) is 13.2 Å². The Labute approximate surface area is 119 Å². The number of alkyl halides is 3. The van der Waals surface area contributed by atoms with Crippen molar-refractivity contribution in [2.75, 3.05) is 6.61 Å². The van der Waals surface area contributed by atoms with Crippen molar-refractivity contribution in [1.82, 2.24) is 15.2 Å². The number of nitrogens with one attached hydrogen (secondary N) is 1. The van der Waals surface area contributed by atoms with E-state index in [-0.39, 0.29) is 18.1 Å². The van der Waals surface area contributed by atoms with Gasteiger partial charge in [-0.15, -0.1) is 0 Å². The van der Waals surface area contributed by atoms with E-state index in [0.717, 1.165) is 0 Å². The molecular formula is C13H15F3N4O. The van der Waals surface area contributed by atoms with Gasteiger partial charge in [0.25, 0.3) is 0 Å². The highest BCUT2D eigenvalue weighted by Crippen LogP contribution is 2.36. The van der Waals surface area contributed by atoms with Crippen molar-refractivity contribution >= 4 is 0 Å². The fraction of sp³-hybridized carbons (Fsp3) is 0.385. The molecule has 0 aliphatic rings. The molecule has 2 aromatic heterocycles. The number of rotatable bonds is 4. The molecule has 114 valence electrons. The normalized spacial score (nSPS) is 12.5. The zero-order valence-electron chi connectivity index (χ0n) is 11.5. The van der Waals surface area contributed by atoms with Gasteiger partial charge in [-0.05, 0) is 26.0 Å². The van der Waals surface area contributed by atoms with E-state index in [1.54, 1.807) is 13.8 Å². The molecule has 0 saturated heterocycles. The van der Waals surface area contributed by atoms with Gasteiger partial charge in [-0.1, -0.05) is 0 Å². The van der Waals surface area contributed by atoms with Crippen LogP contribution < -0.4 is 10.5 Å². The molecule has 0 bridgehead atoms. The number of nitrogens with zero attached hydrogens (tertiary/aromatic N) is 2. The Morgan fingerprint density at radius 2 is 2.00 bits per heavy atom. The molecule has 3 N–H and O–H groups in total. The molecule has 0 aliphatic carbocycles. The summed E-state index contributed by atoms with van der Waals surface area (Å²) in [7, 11) is 0. The minimum absolute atomic E-state index is 0.0528. The largest absolute Gasteiger partial charge is 0.489 e. The zero-order chi connectivity index (χ0) is 15.7. The van der Waals surface area contributed by atoms with Gasteiger partial charge in [-0.25, -0.2) is 4.98 Å². The number of H-pyrrole nitrogens is 1. The first kappa shape index (κ1) is 15.3. The lowest BCUT2D eigenvalue weighted by molar-refractivity contribution is -0.142. The number of halogens is 3. The van der Waals surface area contributed by atoms with Gasteiger partial charge in [0.15, 0.2) is 5.69 Å². The number of aromatic nitrogens is 3. The molecule has 8 heteroatoms. The van der Waals surface area contributed by atoms with E-state index < -0.39 is 17.4 Å². The average molecular weight is 300 g/mol. The molecule has 2 aromatic rings. The van der Waals surface area contributed by atoms with Gasteiger partial charge in [0.1, 0.15) is 12.4 Å². The quantitative estimate of drug-likeness (QED) is 0.910. The first-order chi connectivity index (χ1) is 9.67. The summed E-state index contributed by atoms with van der Waals surface area (Å²) in [5, 5.41) is 6.21. The van der Waals surface area contributed by atoms with Gasteiger partial charge in [-0.3, -0.25) is 5.10 Å².